The number of ketones is 2. The Morgan fingerprint density at radius 2 is 1.08 bits per heavy atom. The van der Waals surface area contributed by atoms with Crippen LogP contribution < -0.4 is 28.7 Å². The molecule has 0 aromatic carbocycles. The maximum atomic E-state index is 12.4. The molecule has 10 N–H and O–H groups in total. The van der Waals surface area contributed by atoms with E-state index in [4.69, 9.17) is 28.7 Å². The first kappa shape index (κ1) is 22.4. The van der Waals surface area contributed by atoms with Crippen molar-refractivity contribution in [1.82, 2.24) is 4.90 Å². The SMILES string of the molecule is NCC(=O)OC(=O)C(C(=O)CN)(C(=O)CN)N(C(=O)CN)C(=O)CN. The van der Waals surface area contributed by atoms with Crippen LogP contribution in [0.1, 0.15) is 0 Å². The van der Waals surface area contributed by atoms with Crippen molar-refractivity contribution >= 4 is 35.3 Å². The molecule has 0 radical (unpaired) electrons. The summed E-state index contributed by atoms with van der Waals surface area (Å²) < 4.78 is 4.30. The minimum absolute atomic E-state index is 0.0660. The third-order valence-electron chi connectivity index (χ3n) is 3.03. The molecule has 0 unspecified atom stereocenters. The third-order valence-corrected chi connectivity index (χ3v) is 3.03. The van der Waals surface area contributed by atoms with Crippen molar-refractivity contribution in [3.63, 3.8) is 0 Å². The average molecular weight is 360 g/mol. The van der Waals surface area contributed by atoms with Gasteiger partial charge in [0.05, 0.1) is 32.7 Å². The summed E-state index contributed by atoms with van der Waals surface area (Å²) in [5, 5.41) is 0. The fourth-order valence-corrected chi connectivity index (χ4v) is 1.93. The number of carbonyl (C=O) groups is 6. The first-order valence-corrected chi connectivity index (χ1v) is 6.86. The largest absolute Gasteiger partial charge is 0.390 e. The average Bonchev–Trinajstić information content (AvgIpc) is 2.62. The highest BCUT2D eigenvalue weighted by molar-refractivity contribution is 6.33. The van der Waals surface area contributed by atoms with Crippen molar-refractivity contribution in [2.24, 2.45) is 28.7 Å². The standard InChI is InChI=1S/C12H20N6O7/c13-1-6(19)12(7(20)2-14,11(24)25-10(23)5-17)18(8(21)3-15)9(22)4-16/h1-5,13-17H2. The Kier molecular flexibility index (Phi) is 8.66. The molecular weight excluding hydrogens is 340 g/mol. The number of Topliss-reactive ketones (excluding diaryl/α,β-unsaturated/α-hetero) is 2. The van der Waals surface area contributed by atoms with E-state index in [0.717, 1.165) is 0 Å². The Labute approximate surface area is 141 Å². The zero-order chi connectivity index (χ0) is 19.8. The molecule has 0 bridgehead atoms. The molecule has 0 saturated carbocycles. The van der Waals surface area contributed by atoms with Gasteiger partial charge in [0, 0.05) is 0 Å². The molecule has 13 nitrogen and oxygen atoms in total. The molecule has 0 aliphatic heterocycles. The van der Waals surface area contributed by atoms with Crippen LogP contribution in [-0.2, 0) is 33.5 Å². The van der Waals surface area contributed by atoms with E-state index < -0.39 is 73.6 Å². The molecular formula is C12H20N6O7. The summed E-state index contributed by atoms with van der Waals surface area (Å²) in [6, 6.07) is 0. The van der Waals surface area contributed by atoms with Gasteiger partial charge in [-0.3, -0.25) is 24.0 Å². The third kappa shape index (κ3) is 4.28. The second-order valence-corrected chi connectivity index (χ2v) is 4.46. The van der Waals surface area contributed by atoms with Crippen LogP contribution in [0.3, 0.4) is 0 Å². The number of carbonyl (C=O) groups excluding carboxylic acids is 6. The van der Waals surface area contributed by atoms with Crippen LogP contribution in [0.4, 0.5) is 0 Å². The van der Waals surface area contributed by atoms with Gasteiger partial charge in [0.15, 0.2) is 11.6 Å². The van der Waals surface area contributed by atoms with Crippen LogP contribution in [0.25, 0.3) is 0 Å². The van der Waals surface area contributed by atoms with Crippen LogP contribution >= 0.6 is 0 Å². The fourth-order valence-electron chi connectivity index (χ4n) is 1.93. The summed E-state index contributed by atoms with van der Waals surface area (Å²) in [7, 11) is 0. The quantitative estimate of drug-likeness (QED) is 0.190. The van der Waals surface area contributed by atoms with Gasteiger partial charge in [-0.2, -0.15) is 0 Å². The van der Waals surface area contributed by atoms with Gasteiger partial charge in [-0.1, -0.05) is 0 Å². The van der Waals surface area contributed by atoms with Crippen molar-refractivity contribution in [1.29, 1.82) is 0 Å². The lowest BCUT2D eigenvalue weighted by Gasteiger charge is -2.36. The number of amides is 2. The molecule has 0 rings (SSSR count). The molecule has 0 saturated heterocycles. The zero-order valence-electron chi connectivity index (χ0n) is 13.2. The minimum atomic E-state index is -3.22. The fraction of sp³-hybridized carbons (Fsp3) is 0.500. The Morgan fingerprint density at radius 3 is 1.36 bits per heavy atom. The smallest absolute Gasteiger partial charge is 0.356 e. The number of nitrogens with zero attached hydrogens (tertiary/aromatic N) is 1. The zero-order valence-corrected chi connectivity index (χ0v) is 13.2. The van der Waals surface area contributed by atoms with Crippen LogP contribution in [0.5, 0.6) is 0 Å². The van der Waals surface area contributed by atoms with E-state index in [9.17, 15) is 28.8 Å². The Balaban J connectivity index is 6.70. The predicted molar refractivity (Wildman–Crippen MR) is 81.0 cm³/mol. The Hall–Kier alpha value is -2.58. The number of imide groups is 1. The number of nitrogens with two attached hydrogens (primary N) is 5. The van der Waals surface area contributed by atoms with Crippen molar-refractivity contribution in [3.8, 4) is 0 Å². The molecule has 140 valence electrons. The van der Waals surface area contributed by atoms with Crippen molar-refractivity contribution in [2.45, 2.75) is 5.54 Å². The number of ether oxygens (including phenoxy) is 1. The highest BCUT2D eigenvalue weighted by Gasteiger charge is 2.61. The summed E-state index contributed by atoms with van der Waals surface area (Å²) in [6.07, 6.45) is 0. The monoisotopic (exact) mass is 360 g/mol. The maximum absolute atomic E-state index is 12.4. The van der Waals surface area contributed by atoms with Crippen molar-refractivity contribution in [2.75, 3.05) is 32.7 Å². The summed E-state index contributed by atoms with van der Waals surface area (Å²) in [4.78, 5) is 72.5. The van der Waals surface area contributed by atoms with E-state index in [2.05, 4.69) is 4.74 Å². The topological polar surface area (TPSA) is 245 Å². The summed E-state index contributed by atoms with van der Waals surface area (Å²) in [6.45, 7) is -4.47. The number of esters is 2. The molecule has 13 heteroatoms. The molecule has 0 spiro atoms. The Morgan fingerprint density at radius 1 is 0.680 bits per heavy atom. The summed E-state index contributed by atoms with van der Waals surface area (Å²) in [5.74, 6) is -8.63. The van der Waals surface area contributed by atoms with Gasteiger partial charge in [0.25, 0.3) is 5.54 Å². The van der Waals surface area contributed by atoms with E-state index in [1.165, 1.54) is 0 Å². The van der Waals surface area contributed by atoms with Crippen molar-refractivity contribution in [3.05, 3.63) is 0 Å². The van der Waals surface area contributed by atoms with Gasteiger partial charge in [-0.15, -0.1) is 0 Å². The van der Waals surface area contributed by atoms with E-state index in [1.54, 1.807) is 0 Å². The highest BCUT2D eigenvalue weighted by atomic mass is 16.6. The molecule has 0 aromatic rings. The predicted octanol–water partition coefficient (Wildman–Crippen LogP) is -5.92. The lowest BCUT2D eigenvalue weighted by Crippen LogP contribution is -2.72. The normalized spacial score (nSPS) is 10.8. The van der Waals surface area contributed by atoms with Crippen LogP contribution in [0.15, 0.2) is 0 Å². The van der Waals surface area contributed by atoms with Crippen molar-refractivity contribution < 1.29 is 33.5 Å². The second kappa shape index (κ2) is 9.65. The molecule has 2 amide bonds. The minimum Gasteiger partial charge on any atom is -0.390 e. The van der Waals surface area contributed by atoms with E-state index in [-0.39, 0.29) is 4.90 Å². The summed E-state index contributed by atoms with van der Waals surface area (Å²) >= 11 is 0. The lowest BCUT2D eigenvalue weighted by molar-refractivity contribution is -0.178. The molecule has 0 fully saturated rings. The second-order valence-electron chi connectivity index (χ2n) is 4.46. The Bertz CT molecular complexity index is 559. The highest BCUT2D eigenvalue weighted by Crippen LogP contribution is 2.22. The van der Waals surface area contributed by atoms with Crippen LogP contribution in [0.2, 0.25) is 0 Å². The number of rotatable bonds is 9. The van der Waals surface area contributed by atoms with Crippen LogP contribution in [-0.4, -0.2) is 78.5 Å². The van der Waals surface area contributed by atoms with Gasteiger partial charge in [-0.25, -0.2) is 9.69 Å². The van der Waals surface area contributed by atoms with Gasteiger partial charge < -0.3 is 33.4 Å². The van der Waals surface area contributed by atoms with Crippen LogP contribution in [0, 0.1) is 0 Å². The molecule has 0 aliphatic carbocycles. The van der Waals surface area contributed by atoms with Gasteiger partial charge >= 0.3 is 11.9 Å². The maximum Gasteiger partial charge on any atom is 0.356 e. The van der Waals surface area contributed by atoms with E-state index in [0.29, 0.717) is 0 Å². The summed E-state index contributed by atoms with van der Waals surface area (Å²) in [5.41, 5.74) is 22.5. The molecule has 0 heterocycles. The van der Waals surface area contributed by atoms with Gasteiger partial charge in [0.2, 0.25) is 11.8 Å². The van der Waals surface area contributed by atoms with Gasteiger partial charge in [0.1, 0.15) is 0 Å². The van der Waals surface area contributed by atoms with E-state index in [1.807, 2.05) is 0 Å². The lowest BCUT2D eigenvalue weighted by atomic mass is 9.85. The molecule has 0 aliphatic rings. The molecule has 25 heavy (non-hydrogen) atoms. The number of hydrogen-bond donors (Lipinski definition) is 5. The molecule has 0 atom stereocenters. The van der Waals surface area contributed by atoms with Gasteiger partial charge in [-0.05, 0) is 0 Å². The molecule has 0 aromatic heterocycles. The number of hydrogen-bond acceptors (Lipinski definition) is 12. The van der Waals surface area contributed by atoms with E-state index >= 15 is 0 Å². The first-order chi connectivity index (χ1) is 11.7. The first-order valence-electron chi connectivity index (χ1n) is 6.86.